The summed E-state index contributed by atoms with van der Waals surface area (Å²) in [5, 5.41) is 2.90. The van der Waals surface area contributed by atoms with E-state index in [-0.39, 0.29) is 22.7 Å². The van der Waals surface area contributed by atoms with E-state index in [1.807, 2.05) is 0 Å². The molecule has 1 spiro atoms. The lowest BCUT2D eigenvalue weighted by molar-refractivity contribution is -0.148. The van der Waals surface area contributed by atoms with Crippen LogP contribution in [0.5, 0.6) is 0 Å². The van der Waals surface area contributed by atoms with Crippen molar-refractivity contribution in [3.05, 3.63) is 52.6 Å². The summed E-state index contributed by atoms with van der Waals surface area (Å²) >= 11 is 0. The Balaban J connectivity index is 2.38. The number of esters is 3. The maximum absolute atomic E-state index is 13.1. The lowest BCUT2D eigenvalue weighted by Crippen LogP contribution is -2.48. The molecular weight excluding hydrogens is 352 g/mol. The van der Waals surface area contributed by atoms with Gasteiger partial charge in [0.1, 0.15) is 22.7 Å². The van der Waals surface area contributed by atoms with Gasteiger partial charge in [0, 0.05) is 11.3 Å². The highest BCUT2D eigenvalue weighted by molar-refractivity contribution is 6.15. The van der Waals surface area contributed by atoms with Gasteiger partial charge in [-0.15, -0.1) is 0 Å². The molecule has 0 saturated carbocycles. The molecule has 142 valence electrons. The van der Waals surface area contributed by atoms with Crippen LogP contribution in [0.1, 0.15) is 26.3 Å². The van der Waals surface area contributed by atoms with Gasteiger partial charge in [0.25, 0.3) is 0 Å². The van der Waals surface area contributed by atoms with Crippen LogP contribution in [-0.2, 0) is 34.0 Å². The van der Waals surface area contributed by atoms with E-state index in [1.54, 1.807) is 38.1 Å². The Morgan fingerprint density at radius 3 is 2.48 bits per heavy atom. The van der Waals surface area contributed by atoms with Crippen molar-refractivity contribution in [1.29, 1.82) is 0 Å². The predicted molar refractivity (Wildman–Crippen MR) is 95.0 cm³/mol. The first-order chi connectivity index (χ1) is 12.7. The average molecular weight is 372 g/mol. The number of para-hydroxylation sites is 1. The molecule has 27 heavy (non-hydrogen) atoms. The first kappa shape index (κ1) is 18.5. The second kappa shape index (κ2) is 6.46. The van der Waals surface area contributed by atoms with Crippen LogP contribution in [0.4, 0.5) is 5.69 Å². The molecule has 1 atom stereocenters. The average Bonchev–Trinajstić information content (AvgIpc) is 2.84. The number of methoxy groups -OCH3 is 1. The summed E-state index contributed by atoms with van der Waals surface area (Å²) in [5.74, 6) is -2.47. The molecule has 0 fully saturated rings. The summed E-state index contributed by atoms with van der Waals surface area (Å²) in [6, 6.07) is 6.73. The van der Waals surface area contributed by atoms with Crippen molar-refractivity contribution in [2.24, 2.45) is 5.73 Å². The van der Waals surface area contributed by atoms with E-state index < -0.39 is 29.4 Å². The molecule has 8 heteroatoms. The number of nitrogens with two attached hydrogens (primary N) is 1. The third-order valence-corrected chi connectivity index (χ3v) is 4.46. The number of cyclic esters (lactones) is 1. The van der Waals surface area contributed by atoms with Crippen molar-refractivity contribution < 1.29 is 28.6 Å². The molecule has 2 heterocycles. The topological polar surface area (TPSA) is 117 Å². The maximum Gasteiger partial charge on any atom is 0.339 e. The molecule has 1 aromatic carbocycles. The van der Waals surface area contributed by atoms with Crippen LogP contribution in [0.25, 0.3) is 0 Å². The second-order valence-electron chi connectivity index (χ2n) is 6.48. The van der Waals surface area contributed by atoms with Crippen molar-refractivity contribution in [2.75, 3.05) is 12.4 Å². The molecule has 2 aliphatic rings. The molecule has 0 radical (unpaired) electrons. The first-order valence-corrected chi connectivity index (χ1v) is 8.34. The summed E-state index contributed by atoms with van der Waals surface area (Å²) in [4.78, 5) is 38.6. The van der Waals surface area contributed by atoms with Crippen LogP contribution in [-0.4, -0.2) is 31.1 Å². The highest BCUT2D eigenvalue weighted by Crippen LogP contribution is 2.52. The fourth-order valence-electron chi connectivity index (χ4n) is 3.50. The zero-order valence-electron chi connectivity index (χ0n) is 15.4. The number of carbonyl (C=O) groups is 3. The molecule has 0 bridgehead atoms. The summed E-state index contributed by atoms with van der Waals surface area (Å²) in [6.07, 6.45) is -0.462. The number of hydrogen-bond acceptors (Lipinski definition) is 8. The number of fused-ring (bicyclic) bond motifs is 2. The smallest absolute Gasteiger partial charge is 0.339 e. The van der Waals surface area contributed by atoms with Gasteiger partial charge < -0.3 is 25.3 Å². The lowest BCUT2D eigenvalue weighted by Gasteiger charge is -2.36. The Hall–Kier alpha value is -3.29. The number of anilines is 1. The minimum atomic E-state index is -1.87. The van der Waals surface area contributed by atoms with Crippen LogP contribution in [0.2, 0.25) is 0 Å². The van der Waals surface area contributed by atoms with Gasteiger partial charge >= 0.3 is 17.9 Å². The zero-order valence-corrected chi connectivity index (χ0v) is 15.4. The normalized spacial score (nSPS) is 21.1. The van der Waals surface area contributed by atoms with Crippen LogP contribution >= 0.6 is 0 Å². The van der Waals surface area contributed by atoms with E-state index in [1.165, 1.54) is 14.0 Å². The van der Waals surface area contributed by atoms with Gasteiger partial charge in [-0.25, -0.2) is 14.4 Å². The Morgan fingerprint density at radius 1 is 1.19 bits per heavy atom. The molecule has 1 unspecified atom stereocenters. The van der Waals surface area contributed by atoms with Gasteiger partial charge in [0.05, 0.1) is 13.2 Å². The summed E-state index contributed by atoms with van der Waals surface area (Å²) in [6.45, 7) is 4.80. The van der Waals surface area contributed by atoms with Gasteiger partial charge in [-0.1, -0.05) is 18.2 Å². The molecule has 3 N–H and O–H groups in total. The van der Waals surface area contributed by atoms with Crippen LogP contribution < -0.4 is 11.1 Å². The van der Waals surface area contributed by atoms with Gasteiger partial charge in [0.2, 0.25) is 0 Å². The molecule has 0 saturated heterocycles. The molecular formula is C19H20N2O6. The lowest BCUT2D eigenvalue weighted by atomic mass is 9.67. The molecule has 1 aromatic rings. The summed E-state index contributed by atoms with van der Waals surface area (Å²) in [7, 11) is 1.19. The molecule has 2 aliphatic heterocycles. The molecule has 8 nitrogen and oxygen atoms in total. The van der Waals surface area contributed by atoms with Crippen molar-refractivity contribution in [2.45, 2.75) is 32.3 Å². The highest BCUT2D eigenvalue weighted by Gasteiger charge is 2.62. The Morgan fingerprint density at radius 2 is 1.85 bits per heavy atom. The number of carbonyl (C=O) groups excluding carboxylic acids is 3. The minimum Gasteiger partial charge on any atom is -0.466 e. The quantitative estimate of drug-likeness (QED) is 0.605. The number of rotatable bonds is 3. The van der Waals surface area contributed by atoms with Gasteiger partial charge in [-0.2, -0.15) is 0 Å². The van der Waals surface area contributed by atoms with Gasteiger partial charge in [0.15, 0.2) is 5.41 Å². The number of nitrogens with one attached hydrogen (secondary N) is 1. The minimum absolute atomic E-state index is 0.0474. The van der Waals surface area contributed by atoms with Crippen molar-refractivity contribution in [1.82, 2.24) is 0 Å². The number of benzene rings is 1. The van der Waals surface area contributed by atoms with E-state index in [2.05, 4.69) is 5.32 Å². The summed E-state index contributed by atoms with van der Waals surface area (Å²) < 4.78 is 15.5. The van der Waals surface area contributed by atoms with Crippen molar-refractivity contribution >= 4 is 23.6 Å². The van der Waals surface area contributed by atoms with Crippen LogP contribution in [0, 0.1) is 0 Å². The second-order valence-corrected chi connectivity index (χ2v) is 6.48. The SMILES string of the molecule is COC(=O)C1=C(C)OC(=O)C12C(C(=O)OC(C)C)=C(N)Nc1ccccc12. The fourth-order valence-corrected chi connectivity index (χ4v) is 3.50. The standard InChI is InChI=1S/C19H20N2O6/c1-9(2)26-17(23)14-15(20)21-12-8-6-5-7-11(12)19(14)13(16(22)25-4)10(3)27-18(19)24/h5-9,21H,20H2,1-4H3. The molecule has 0 amide bonds. The zero-order chi connectivity index (χ0) is 19.9. The van der Waals surface area contributed by atoms with Crippen molar-refractivity contribution in [3.63, 3.8) is 0 Å². The number of hydrogen-bond donors (Lipinski definition) is 2. The third-order valence-electron chi connectivity index (χ3n) is 4.46. The third kappa shape index (κ3) is 2.56. The molecule has 3 rings (SSSR count). The van der Waals surface area contributed by atoms with Crippen LogP contribution in [0.15, 0.2) is 47.0 Å². The summed E-state index contributed by atoms with van der Waals surface area (Å²) in [5.41, 5.74) is 4.80. The predicted octanol–water partition coefficient (Wildman–Crippen LogP) is 1.48. The number of allylic oxidation sites excluding steroid dienone is 1. The largest absolute Gasteiger partial charge is 0.466 e. The van der Waals surface area contributed by atoms with Gasteiger partial charge in [-0.05, 0) is 26.8 Å². The van der Waals surface area contributed by atoms with E-state index in [4.69, 9.17) is 19.9 Å². The Kier molecular flexibility index (Phi) is 4.43. The Bertz CT molecular complexity index is 915. The monoisotopic (exact) mass is 372 g/mol. The van der Waals surface area contributed by atoms with E-state index >= 15 is 0 Å². The maximum atomic E-state index is 13.1. The van der Waals surface area contributed by atoms with Crippen LogP contribution in [0.3, 0.4) is 0 Å². The molecule has 0 aromatic heterocycles. The highest BCUT2D eigenvalue weighted by atomic mass is 16.6. The van der Waals surface area contributed by atoms with E-state index in [9.17, 15) is 14.4 Å². The number of ether oxygens (including phenoxy) is 3. The fraction of sp³-hybridized carbons (Fsp3) is 0.316. The molecule has 0 aliphatic carbocycles. The van der Waals surface area contributed by atoms with Crippen molar-refractivity contribution in [3.8, 4) is 0 Å². The van der Waals surface area contributed by atoms with E-state index in [0.717, 1.165) is 0 Å². The Labute approximate surface area is 155 Å². The first-order valence-electron chi connectivity index (χ1n) is 8.34. The van der Waals surface area contributed by atoms with E-state index in [0.29, 0.717) is 11.3 Å². The van der Waals surface area contributed by atoms with Gasteiger partial charge in [-0.3, -0.25) is 0 Å².